The molecule has 2 aromatic carbocycles. The predicted octanol–water partition coefficient (Wildman–Crippen LogP) is 1.99. The lowest BCUT2D eigenvalue weighted by molar-refractivity contribution is 0.0921. The van der Waals surface area contributed by atoms with Crippen LogP contribution in [0.15, 0.2) is 17.7 Å². The summed E-state index contributed by atoms with van der Waals surface area (Å²) in [6.07, 6.45) is -0.0464. The fourth-order valence-corrected chi connectivity index (χ4v) is 4.81. The molecule has 0 aromatic heterocycles. The molecule has 9 heteroatoms. The van der Waals surface area contributed by atoms with Crippen LogP contribution < -0.4 is 16.4 Å². The average molecular weight is 425 g/mol. The Balaban J connectivity index is 2.01. The van der Waals surface area contributed by atoms with E-state index in [0.29, 0.717) is 22.5 Å². The van der Waals surface area contributed by atoms with Gasteiger partial charge in [-0.15, -0.1) is 0 Å². The molecule has 4 rings (SSSR count). The van der Waals surface area contributed by atoms with Gasteiger partial charge in [0.1, 0.15) is 28.6 Å². The lowest BCUT2D eigenvalue weighted by Crippen LogP contribution is -2.33. The molecule has 2 unspecified atom stereocenters. The Labute approximate surface area is 177 Å². The normalized spacial score (nSPS) is 19.5. The van der Waals surface area contributed by atoms with E-state index in [0.717, 1.165) is 6.07 Å². The van der Waals surface area contributed by atoms with Crippen LogP contribution in [0.1, 0.15) is 50.2 Å². The molecule has 162 valence electrons. The molecule has 0 heterocycles. The lowest BCUT2D eigenvalue weighted by Gasteiger charge is -2.37. The van der Waals surface area contributed by atoms with Crippen LogP contribution in [0.3, 0.4) is 0 Å². The van der Waals surface area contributed by atoms with Crippen LogP contribution in [0.25, 0.3) is 5.76 Å². The number of carbonyl (C=O) groups excluding carboxylic acids is 2. The molecule has 0 bridgehead atoms. The summed E-state index contributed by atoms with van der Waals surface area (Å²) >= 11 is 0. The van der Waals surface area contributed by atoms with Gasteiger partial charge in [0, 0.05) is 36.8 Å². The summed E-state index contributed by atoms with van der Waals surface area (Å²) in [6, 6.07) is 2.72. The molecule has 0 fully saturated rings. The second-order valence-electron chi connectivity index (χ2n) is 8.17. The van der Waals surface area contributed by atoms with Gasteiger partial charge in [0.25, 0.3) is 5.91 Å². The number of hydrogen-bond acceptors (Lipinski definition) is 8. The number of phenols is 3. The minimum atomic E-state index is -1.04. The lowest BCUT2D eigenvalue weighted by atomic mass is 9.66. The molecule has 2 aliphatic carbocycles. The molecular weight excluding hydrogens is 402 g/mol. The van der Waals surface area contributed by atoms with E-state index >= 15 is 0 Å². The van der Waals surface area contributed by atoms with Crippen molar-refractivity contribution < 1.29 is 30.0 Å². The van der Waals surface area contributed by atoms with Crippen molar-refractivity contribution in [2.45, 2.75) is 19.3 Å². The van der Waals surface area contributed by atoms with Crippen molar-refractivity contribution in [2.75, 3.05) is 24.7 Å². The zero-order valence-electron chi connectivity index (χ0n) is 17.2. The Kier molecular flexibility index (Phi) is 4.32. The fourth-order valence-electron chi connectivity index (χ4n) is 4.81. The third-order valence-electron chi connectivity index (χ3n) is 6.24. The minimum Gasteiger partial charge on any atom is -0.507 e. The number of allylic oxidation sites excluding steroid dienone is 1. The summed E-state index contributed by atoms with van der Waals surface area (Å²) in [4.78, 5) is 26.8. The van der Waals surface area contributed by atoms with Gasteiger partial charge in [-0.05, 0) is 29.7 Å². The van der Waals surface area contributed by atoms with Crippen LogP contribution in [-0.4, -0.2) is 46.2 Å². The Morgan fingerprint density at radius 3 is 2.35 bits per heavy atom. The predicted molar refractivity (Wildman–Crippen MR) is 115 cm³/mol. The van der Waals surface area contributed by atoms with Crippen LogP contribution in [0, 0.1) is 5.92 Å². The van der Waals surface area contributed by atoms with E-state index in [4.69, 9.17) is 11.5 Å². The number of ketones is 1. The van der Waals surface area contributed by atoms with Gasteiger partial charge >= 0.3 is 0 Å². The fraction of sp³-hybridized carbons (Fsp3) is 0.273. The number of fused-ring (bicyclic) bond motifs is 3. The number of hydrogen-bond donors (Lipinski definition) is 6. The van der Waals surface area contributed by atoms with Crippen molar-refractivity contribution >= 4 is 28.8 Å². The molecule has 0 aliphatic heterocycles. The largest absolute Gasteiger partial charge is 0.507 e. The molecule has 2 aliphatic rings. The summed E-state index contributed by atoms with van der Waals surface area (Å²) in [5, 5.41) is 42.6. The summed E-state index contributed by atoms with van der Waals surface area (Å²) in [5.41, 5.74) is 12.8. The van der Waals surface area contributed by atoms with Gasteiger partial charge in [0.2, 0.25) is 0 Å². The Hall–Kier alpha value is -3.88. The number of anilines is 2. The number of benzene rings is 2. The number of aromatic hydroxyl groups is 3. The Morgan fingerprint density at radius 1 is 1.13 bits per heavy atom. The number of carbonyl (C=O) groups is 2. The Morgan fingerprint density at radius 2 is 1.77 bits per heavy atom. The van der Waals surface area contributed by atoms with E-state index in [-0.39, 0.29) is 34.6 Å². The highest BCUT2D eigenvalue weighted by molar-refractivity contribution is 6.10. The van der Waals surface area contributed by atoms with Gasteiger partial charge < -0.3 is 36.8 Å². The second-order valence-corrected chi connectivity index (χ2v) is 8.17. The van der Waals surface area contributed by atoms with E-state index < -0.39 is 40.6 Å². The first-order valence-electron chi connectivity index (χ1n) is 9.65. The maximum atomic E-state index is 13.5. The number of nitrogens with zero attached hydrogens (tertiary/aromatic N) is 1. The number of nitrogens with two attached hydrogens (primary N) is 2. The first kappa shape index (κ1) is 20.4. The first-order valence-corrected chi connectivity index (χ1v) is 9.65. The molecule has 31 heavy (non-hydrogen) atoms. The highest BCUT2D eigenvalue weighted by Crippen LogP contribution is 2.53. The van der Waals surface area contributed by atoms with Crippen LogP contribution in [0.2, 0.25) is 0 Å². The second kappa shape index (κ2) is 6.56. The first-order chi connectivity index (χ1) is 14.5. The smallest absolute Gasteiger partial charge is 0.256 e. The average Bonchev–Trinajstić information content (AvgIpc) is 2.67. The highest BCUT2D eigenvalue weighted by Gasteiger charge is 2.45. The number of aliphatic hydroxyl groups excluding tert-OH is 1. The van der Waals surface area contributed by atoms with Crippen molar-refractivity contribution in [1.82, 2.24) is 0 Å². The topological polar surface area (TPSA) is 170 Å². The SMILES string of the molecule is CC1C2=C(O)c3cc(O)c(C(N)=O)c(O)c3CC2C(=O)c2c(O)c(N(C)C)cc(N)c21. The quantitative estimate of drug-likeness (QED) is 0.313. The molecule has 0 radical (unpaired) electrons. The Bertz CT molecular complexity index is 1210. The van der Waals surface area contributed by atoms with Crippen molar-refractivity contribution in [3.63, 3.8) is 0 Å². The van der Waals surface area contributed by atoms with Crippen molar-refractivity contribution in [3.05, 3.63) is 45.5 Å². The summed E-state index contributed by atoms with van der Waals surface area (Å²) in [7, 11) is 3.42. The summed E-state index contributed by atoms with van der Waals surface area (Å²) in [6.45, 7) is 1.76. The van der Waals surface area contributed by atoms with Gasteiger partial charge in [0.15, 0.2) is 5.78 Å². The van der Waals surface area contributed by atoms with Crippen molar-refractivity contribution in [1.29, 1.82) is 0 Å². The zero-order chi connectivity index (χ0) is 22.9. The molecule has 2 atom stereocenters. The molecule has 0 saturated heterocycles. The standard InChI is InChI=1S/C22H23N3O6/c1-7-14-10(20(29)17-15(7)11(23)6-12(21(17)30)25(2)3)4-8-9(18(14)27)5-13(26)16(19(8)28)22(24)31/h5-7,10,26-28,30H,4,23H2,1-3H3,(H2,24,31). The van der Waals surface area contributed by atoms with Gasteiger partial charge in [-0.25, -0.2) is 0 Å². The molecule has 1 amide bonds. The highest BCUT2D eigenvalue weighted by atomic mass is 16.3. The minimum absolute atomic E-state index is 0.0464. The van der Waals surface area contributed by atoms with E-state index in [9.17, 15) is 30.0 Å². The van der Waals surface area contributed by atoms with Gasteiger partial charge in [-0.2, -0.15) is 0 Å². The third kappa shape index (κ3) is 2.62. The van der Waals surface area contributed by atoms with Crippen LogP contribution in [-0.2, 0) is 6.42 Å². The van der Waals surface area contributed by atoms with E-state index in [1.165, 1.54) is 0 Å². The van der Waals surface area contributed by atoms with E-state index in [1.807, 2.05) is 0 Å². The number of primary amides is 1. The summed E-state index contributed by atoms with van der Waals surface area (Å²) < 4.78 is 0. The van der Waals surface area contributed by atoms with Crippen molar-refractivity contribution in [2.24, 2.45) is 11.7 Å². The van der Waals surface area contributed by atoms with Crippen molar-refractivity contribution in [3.8, 4) is 17.2 Å². The molecular formula is C22H23N3O6. The third-order valence-corrected chi connectivity index (χ3v) is 6.24. The summed E-state index contributed by atoms with van der Waals surface area (Å²) in [5.74, 6) is -4.55. The molecule has 9 nitrogen and oxygen atoms in total. The van der Waals surface area contributed by atoms with Crippen LogP contribution in [0.5, 0.6) is 17.2 Å². The maximum Gasteiger partial charge on any atom is 0.256 e. The zero-order valence-corrected chi connectivity index (χ0v) is 17.2. The molecule has 0 saturated carbocycles. The van der Waals surface area contributed by atoms with Gasteiger partial charge in [-0.1, -0.05) is 6.92 Å². The monoisotopic (exact) mass is 425 g/mol. The van der Waals surface area contributed by atoms with Gasteiger partial charge in [-0.3, -0.25) is 9.59 Å². The number of amides is 1. The van der Waals surface area contributed by atoms with E-state index in [2.05, 4.69) is 0 Å². The maximum absolute atomic E-state index is 13.5. The molecule has 8 N–H and O–H groups in total. The van der Waals surface area contributed by atoms with E-state index in [1.54, 1.807) is 32.0 Å². The van der Waals surface area contributed by atoms with Crippen LogP contribution >= 0.6 is 0 Å². The van der Waals surface area contributed by atoms with Crippen LogP contribution in [0.4, 0.5) is 11.4 Å². The number of phenolic OH excluding ortho intramolecular Hbond substituents is 1. The number of nitrogen functional groups attached to an aromatic ring is 1. The molecule has 2 aromatic rings. The van der Waals surface area contributed by atoms with Gasteiger partial charge in [0.05, 0.1) is 17.2 Å². The number of Topliss-reactive ketones (excluding diaryl/α,β-unsaturated/α-hetero) is 1. The number of rotatable bonds is 2. The molecule has 0 spiro atoms. The number of aliphatic hydroxyl groups is 1.